The van der Waals surface area contributed by atoms with Crippen LogP contribution in [-0.4, -0.2) is 16.8 Å². The Bertz CT molecular complexity index is 688. The third-order valence-corrected chi connectivity index (χ3v) is 7.96. The molecule has 29 heavy (non-hydrogen) atoms. The van der Waals surface area contributed by atoms with Crippen molar-refractivity contribution in [1.29, 1.82) is 0 Å². The SMILES string of the molecule is CC1CC(=O)c2c([nH]c(C3(C)CCCCCCC3)c2NC2CCCCCCC2)C1. The van der Waals surface area contributed by atoms with Crippen molar-refractivity contribution in [3.05, 3.63) is 17.0 Å². The lowest BCUT2D eigenvalue weighted by Crippen LogP contribution is -2.28. The molecule has 3 aliphatic rings. The van der Waals surface area contributed by atoms with Crippen molar-refractivity contribution in [3.8, 4) is 0 Å². The van der Waals surface area contributed by atoms with Gasteiger partial charge in [0, 0.05) is 29.3 Å². The highest BCUT2D eigenvalue weighted by Gasteiger charge is 2.37. The first-order valence-electron chi connectivity index (χ1n) is 12.6. The van der Waals surface area contributed by atoms with Crippen LogP contribution in [0.15, 0.2) is 0 Å². The number of rotatable bonds is 3. The van der Waals surface area contributed by atoms with Gasteiger partial charge >= 0.3 is 0 Å². The molecule has 0 aliphatic heterocycles. The molecular formula is C26H42N2O. The molecule has 2 saturated carbocycles. The maximum atomic E-state index is 13.1. The molecule has 3 heteroatoms. The fourth-order valence-electron chi connectivity index (χ4n) is 6.19. The lowest BCUT2D eigenvalue weighted by atomic mass is 9.74. The van der Waals surface area contributed by atoms with Gasteiger partial charge in [0.15, 0.2) is 5.78 Å². The molecule has 3 aliphatic carbocycles. The molecular weight excluding hydrogens is 356 g/mol. The van der Waals surface area contributed by atoms with Gasteiger partial charge in [0.05, 0.1) is 11.3 Å². The van der Waals surface area contributed by atoms with Crippen LogP contribution in [0.4, 0.5) is 5.69 Å². The number of carbonyl (C=O) groups is 1. The number of ketones is 1. The number of carbonyl (C=O) groups excluding carboxylic acids is 1. The van der Waals surface area contributed by atoms with E-state index >= 15 is 0 Å². The molecule has 1 atom stereocenters. The number of hydrogen-bond acceptors (Lipinski definition) is 2. The number of hydrogen-bond donors (Lipinski definition) is 2. The molecule has 1 aromatic heterocycles. The summed E-state index contributed by atoms with van der Waals surface area (Å²) >= 11 is 0. The van der Waals surface area contributed by atoms with Gasteiger partial charge < -0.3 is 10.3 Å². The number of aromatic amines is 1. The quantitative estimate of drug-likeness (QED) is 0.561. The second kappa shape index (κ2) is 9.27. The number of fused-ring (bicyclic) bond motifs is 1. The second-order valence-corrected chi connectivity index (χ2v) is 10.7. The minimum absolute atomic E-state index is 0.172. The highest BCUT2D eigenvalue weighted by Crippen LogP contribution is 2.45. The van der Waals surface area contributed by atoms with Crippen molar-refractivity contribution < 1.29 is 4.79 Å². The van der Waals surface area contributed by atoms with E-state index in [-0.39, 0.29) is 5.41 Å². The zero-order valence-electron chi connectivity index (χ0n) is 18.9. The van der Waals surface area contributed by atoms with Crippen LogP contribution in [0.3, 0.4) is 0 Å². The molecule has 162 valence electrons. The molecule has 1 aromatic rings. The van der Waals surface area contributed by atoms with Crippen molar-refractivity contribution in [2.24, 2.45) is 5.92 Å². The normalized spacial score (nSPS) is 26.7. The largest absolute Gasteiger partial charge is 0.380 e. The van der Waals surface area contributed by atoms with Gasteiger partial charge in [0.2, 0.25) is 0 Å². The van der Waals surface area contributed by atoms with E-state index in [1.165, 1.54) is 107 Å². The smallest absolute Gasteiger partial charge is 0.167 e. The zero-order chi connectivity index (χ0) is 20.3. The number of Topliss-reactive ketones (excluding diaryl/α,β-unsaturated/α-hetero) is 1. The maximum absolute atomic E-state index is 13.1. The molecule has 0 amide bonds. The lowest BCUT2D eigenvalue weighted by molar-refractivity contribution is 0.0954. The summed E-state index contributed by atoms with van der Waals surface area (Å²) in [5.41, 5.74) is 5.01. The number of H-pyrrole nitrogens is 1. The zero-order valence-corrected chi connectivity index (χ0v) is 18.9. The Morgan fingerprint density at radius 1 is 0.862 bits per heavy atom. The Morgan fingerprint density at radius 3 is 2.10 bits per heavy atom. The van der Waals surface area contributed by atoms with Crippen molar-refractivity contribution in [2.45, 2.75) is 128 Å². The molecule has 2 N–H and O–H groups in total. The molecule has 0 aromatic carbocycles. The summed E-state index contributed by atoms with van der Waals surface area (Å²) < 4.78 is 0. The van der Waals surface area contributed by atoms with Gasteiger partial charge in [-0.1, -0.05) is 78.1 Å². The van der Waals surface area contributed by atoms with E-state index in [9.17, 15) is 4.79 Å². The summed E-state index contributed by atoms with van der Waals surface area (Å²) in [5, 5.41) is 3.98. The van der Waals surface area contributed by atoms with Gasteiger partial charge in [-0.2, -0.15) is 0 Å². The summed E-state index contributed by atoms with van der Waals surface area (Å²) in [6.45, 7) is 4.69. The topological polar surface area (TPSA) is 44.9 Å². The predicted octanol–water partition coefficient (Wildman–Crippen LogP) is 7.31. The maximum Gasteiger partial charge on any atom is 0.167 e. The first kappa shape index (κ1) is 21.0. The lowest BCUT2D eigenvalue weighted by Gasteiger charge is -2.33. The third kappa shape index (κ3) is 4.75. The molecule has 1 unspecified atom stereocenters. The molecule has 0 spiro atoms. The van der Waals surface area contributed by atoms with Crippen molar-refractivity contribution in [1.82, 2.24) is 4.98 Å². The summed E-state index contributed by atoms with van der Waals surface area (Å²) in [6.07, 6.45) is 20.2. The van der Waals surface area contributed by atoms with Crippen LogP contribution < -0.4 is 5.32 Å². The molecule has 0 saturated heterocycles. The van der Waals surface area contributed by atoms with Gasteiger partial charge in [-0.15, -0.1) is 0 Å². The summed E-state index contributed by atoms with van der Waals surface area (Å²) in [5.74, 6) is 0.824. The Labute approximate surface area is 177 Å². The van der Waals surface area contributed by atoms with Gasteiger partial charge in [-0.3, -0.25) is 4.79 Å². The van der Waals surface area contributed by atoms with Gasteiger partial charge in [0.25, 0.3) is 0 Å². The number of aromatic nitrogens is 1. The minimum atomic E-state index is 0.172. The summed E-state index contributed by atoms with van der Waals surface area (Å²) in [7, 11) is 0. The van der Waals surface area contributed by atoms with E-state index in [0.717, 1.165) is 12.0 Å². The van der Waals surface area contributed by atoms with Crippen molar-refractivity contribution in [2.75, 3.05) is 5.32 Å². The van der Waals surface area contributed by atoms with Crippen LogP contribution in [0.5, 0.6) is 0 Å². The first-order valence-corrected chi connectivity index (χ1v) is 12.6. The molecule has 0 bridgehead atoms. The van der Waals surface area contributed by atoms with Crippen LogP contribution >= 0.6 is 0 Å². The van der Waals surface area contributed by atoms with Crippen molar-refractivity contribution >= 4 is 11.5 Å². The third-order valence-electron chi connectivity index (χ3n) is 7.96. The van der Waals surface area contributed by atoms with E-state index in [0.29, 0.717) is 24.2 Å². The van der Waals surface area contributed by atoms with Crippen LogP contribution in [0.2, 0.25) is 0 Å². The summed E-state index contributed by atoms with van der Waals surface area (Å²) in [6, 6.07) is 0.526. The monoisotopic (exact) mass is 398 g/mol. The molecule has 0 radical (unpaired) electrons. The van der Waals surface area contributed by atoms with Crippen LogP contribution in [-0.2, 0) is 11.8 Å². The highest BCUT2D eigenvalue weighted by molar-refractivity contribution is 6.04. The van der Waals surface area contributed by atoms with E-state index in [1.807, 2.05) is 0 Å². The minimum Gasteiger partial charge on any atom is -0.380 e. The van der Waals surface area contributed by atoms with E-state index in [2.05, 4.69) is 24.1 Å². The second-order valence-electron chi connectivity index (χ2n) is 10.7. The Morgan fingerprint density at radius 2 is 1.45 bits per heavy atom. The predicted molar refractivity (Wildman–Crippen MR) is 122 cm³/mol. The van der Waals surface area contributed by atoms with Gasteiger partial charge in [-0.25, -0.2) is 0 Å². The molecule has 2 fully saturated rings. The highest BCUT2D eigenvalue weighted by atomic mass is 16.1. The van der Waals surface area contributed by atoms with Crippen LogP contribution in [0.1, 0.15) is 132 Å². The average Bonchev–Trinajstić information content (AvgIpc) is 2.99. The summed E-state index contributed by atoms with van der Waals surface area (Å²) in [4.78, 5) is 17.0. The van der Waals surface area contributed by atoms with Gasteiger partial charge in [0.1, 0.15) is 0 Å². The number of nitrogens with one attached hydrogen (secondary N) is 2. The van der Waals surface area contributed by atoms with Crippen LogP contribution in [0, 0.1) is 5.92 Å². The average molecular weight is 399 g/mol. The Hall–Kier alpha value is -1.25. The Balaban J connectivity index is 1.69. The van der Waals surface area contributed by atoms with Gasteiger partial charge in [-0.05, 0) is 38.0 Å². The number of anilines is 1. The van der Waals surface area contributed by atoms with E-state index in [1.54, 1.807) is 0 Å². The molecule has 3 nitrogen and oxygen atoms in total. The Kier molecular flexibility index (Phi) is 6.71. The standard InChI is InChI=1S/C26H42N2O/c1-19-17-21-23(22(29)18-19)24(27-20-13-9-5-3-6-10-14-20)25(28-21)26(2)15-11-7-4-8-12-16-26/h19-20,27-28H,3-18H2,1-2H3. The first-order chi connectivity index (χ1) is 14.1. The fourth-order valence-corrected chi connectivity index (χ4v) is 6.19. The molecule has 4 rings (SSSR count). The van der Waals surface area contributed by atoms with Crippen LogP contribution in [0.25, 0.3) is 0 Å². The molecule has 1 heterocycles. The fraction of sp³-hybridized carbons (Fsp3) is 0.808. The van der Waals surface area contributed by atoms with E-state index in [4.69, 9.17) is 0 Å². The van der Waals surface area contributed by atoms with Crippen molar-refractivity contribution in [3.63, 3.8) is 0 Å². The van der Waals surface area contributed by atoms with E-state index < -0.39 is 0 Å².